The predicted molar refractivity (Wildman–Crippen MR) is 130 cm³/mol. The highest BCUT2D eigenvalue weighted by atomic mass is 16.5. The van der Waals surface area contributed by atoms with Gasteiger partial charge in [-0.25, -0.2) is 0 Å². The molecule has 0 spiro atoms. The van der Waals surface area contributed by atoms with Crippen LogP contribution in [0, 0.1) is 5.92 Å². The number of nitrogens with zero attached hydrogens (tertiary/aromatic N) is 4. The van der Waals surface area contributed by atoms with E-state index in [1.807, 2.05) is 18.7 Å². The van der Waals surface area contributed by atoms with Gasteiger partial charge in [-0.05, 0) is 0 Å². The van der Waals surface area contributed by atoms with Gasteiger partial charge in [-0.15, -0.1) is 0 Å². The first-order chi connectivity index (χ1) is 17.1. The summed E-state index contributed by atoms with van der Waals surface area (Å²) in [6, 6.07) is 0. The number of hydrogen-bond donors (Lipinski definition) is 3. The van der Waals surface area contributed by atoms with E-state index < -0.39 is 17.9 Å². The fourth-order valence-corrected chi connectivity index (χ4v) is 3.60. The molecular formula is C23H42N4O9. The van der Waals surface area contributed by atoms with Gasteiger partial charge in [-0.2, -0.15) is 0 Å². The standard InChI is InChI=1S/C23H42N4O9/c1-19(2)20(28)15-24-3-4-25(16-21(29)30)8-13-36-14-10-27(18-23(33)34)6-5-26(17-22(31)32)9-12-35-11-7-24/h19H,3-18H2,1-2H3,(H,29,30)(H,31,32)(H,33,34). The maximum absolute atomic E-state index is 12.3. The van der Waals surface area contributed by atoms with Gasteiger partial charge in [0.1, 0.15) is 5.78 Å². The molecule has 36 heavy (non-hydrogen) atoms. The number of hydrogen-bond acceptors (Lipinski definition) is 10. The predicted octanol–water partition coefficient (Wildman–Crippen LogP) is -1.28. The number of carbonyl (C=O) groups is 4. The smallest absolute Gasteiger partial charge is 0.317 e. The van der Waals surface area contributed by atoms with Crippen LogP contribution in [0.2, 0.25) is 0 Å². The zero-order valence-corrected chi connectivity index (χ0v) is 21.5. The highest BCUT2D eigenvalue weighted by Gasteiger charge is 2.18. The average Bonchev–Trinajstić information content (AvgIpc) is 2.77. The fourth-order valence-electron chi connectivity index (χ4n) is 3.60. The van der Waals surface area contributed by atoms with Gasteiger partial charge in [0.25, 0.3) is 0 Å². The molecule has 0 unspecified atom stereocenters. The average molecular weight is 519 g/mol. The number of ketones is 1. The van der Waals surface area contributed by atoms with Crippen molar-refractivity contribution in [3.8, 4) is 0 Å². The van der Waals surface area contributed by atoms with Crippen molar-refractivity contribution in [3.05, 3.63) is 0 Å². The Bertz CT molecular complexity index is 692. The van der Waals surface area contributed by atoms with E-state index >= 15 is 0 Å². The third kappa shape index (κ3) is 15.8. The Morgan fingerprint density at radius 2 is 0.833 bits per heavy atom. The van der Waals surface area contributed by atoms with Crippen LogP contribution in [0.25, 0.3) is 0 Å². The first kappa shape index (κ1) is 31.9. The van der Waals surface area contributed by atoms with E-state index in [0.29, 0.717) is 59.0 Å². The summed E-state index contributed by atoms with van der Waals surface area (Å²) in [6.45, 7) is 7.67. The lowest BCUT2D eigenvalue weighted by atomic mass is 10.1. The number of rotatable bonds is 9. The molecule has 0 radical (unpaired) electrons. The van der Waals surface area contributed by atoms with Crippen molar-refractivity contribution in [2.24, 2.45) is 5.92 Å². The van der Waals surface area contributed by atoms with Crippen molar-refractivity contribution >= 4 is 23.7 Å². The van der Waals surface area contributed by atoms with Crippen LogP contribution in [0.5, 0.6) is 0 Å². The quantitative estimate of drug-likeness (QED) is 0.331. The zero-order valence-electron chi connectivity index (χ0n) is 21.5. The second-order valence-electron chi connectivity index (χ2n) is 9.13. The maximum atomic E-state index is 12.3. The Hall–Kier alpha value is -2.16. The number of carboxylic acids is 3. The van der Waals surface area contributed by atoms with Gasteiger partial charge in [0.05, 0.1) is 52.6 Å². The van der Waals surface area contributed by atoms with Crippen LogP contribution in [0.1, 0.15) is 13.8 Å². The minimum atomic E-state index is -0.988. The Kier molecular flexibility index (Phi) is 16.1. The van der Waals surface area contributed by atoms with Crippen LogP contribution in [-0.2, 0) is 28.7 Å². The van der Waals surface area contributed by atoms with Gasteiger partial charge in [0.15, 0.2) is 0 Å². The molecule has 0 aliphatic carbocycles. The van der Waals surface area contributed by atoms with Crippen LogP contribution in [0.4, 0.5) is 0 Å². The van der Waals surface area contributed by atoms with Crippen molar-refractivity contribution < 1.29 is 44.0 Å². The molecule has 0 amide bonds. The molecular weight excluding hydrogens is 476 g/mol. The summed E-state index contributed by atoms with van der Waals surface area (Å²) in [5.41, 5.74) is 0. The summed E-state index contributed by atoms with van der Waals surface area (Å²) >= 11 is 0. The molecule has 1 aliphatic rings. The van der Waals surface area contributed by atoms with E-state index in [4.69, 9.17) is 9.47 Å². The van der Waals surface area contributed by atoms with Crippen LogP contribution in [0.3, 0.4) is 0 Å². The number of ether oxygens (including phenoxy) is 2. The molecule has 1 aliphatic heterocycles. The molecule has 0 saturated carbocycles. The highest BCUT2D eigenvalue weighted by molar-refractivity contribution is 5.82. The Morgan fingerprint density at radius 1 is 0.556 bits per heavy atom. The van der Waals surface area contributed by atoms with Gasteiger partial charge in [-0.1, -0.05) is 13.8 Å². The summed E-state index contributed by atoms with van der Waals surface area (Å²) < 4.78 is 11.4. The van der Waals surface area contributed by atoms with Crippen LogP contribution >= 0.6 is 0 Å². The molecule has 13 nitrogen and oxygen atoms in total. The van der Waals surface area contributed by atoms with E-state index in [2.05, 4.69) is 0 Å². The van der Waals surface area contributed by atoms with Crippen molar-refractivity contribution in [1.29, 1.82) is 0 Å². The Balaban J connectivity index is 2.87. The second-order valence-corrected chi connectivity index (χ2v) is 9.13. The molecule has 0 bridgehead atoms. The molecule has 3 N–H and O–H groups in total. The molecule has 0 aromatic carbocycles. The van der Waals surface area contributed by atoms with Crippen LogP contribution in [0.15, 0.2) is 0 Å². The van der Waals surface area contributed by atoms with E-state index in [9.17, 15) is 34.5 Å². The molecule has 0 aromatic heterocycles. The van der Waals surface area contributed by atoms with Gasteiger partial charge in [-0.3, -0.25) is 38.8 Å². The molecule has 1 heterocycles. The third-order valence-corrected chi connectivity index (χ3v) is 5.77. The van der Waals surface area contributed by atoms with Gasteiger partial charge < -0.3 is 24.8 Å². The van der Waals surface area contributed by atoms with Crippen molar-refractivity contribution in [3.63, 3.8) is 0 Å². The van der Waals surface area contributed by atoms with Gasteiger partial charge in [0.2, 0.25) is 0 Å². The summed E-state index contributed by atoms with van der Waals surface area (Å²) in [4.78, 5) is 53.2. The minimum absolute atomic E-state index is 0.0869. The lowest BCUT2D eigenvalue weighted by Crippen LogP contribution is -2.44. The third-order valence-electron chi connectivity index (χ3n) is 5.77. The van der Waals surface area contributed by atoms with Crippen molar-refractivity contribution in [1.82, 2.24) is 19.6 Å². The maximum Gasteiger partial charge on any atom is 0.317 e. The molecule has 0 aromatic rings. The summed E-state index contributed by atoms with van der Waals surface area (Å²) in [5, 5.41) is 27.7. The fraction of sp³-hybridized carbons (Fsp3) is 0.826. The normalized spacial score (nSPS) is 20.0. The Morgan fingerprint density at radius 3 is 1.08 bits per heavy atom. The number of Topliss-reactive ketones (excluding diaryl/α,β-unsaturated/α-hetero) is 1. The van der Waals surface area contributed by atoms with E-state index in [0.717, 1.165) is 0 Å². The minimum Gasteiger partial charge on any atom is -0.480 e. The SMILES string of the molecule is CC(C)C(=O)CN1CCOCCN(CC(=O)O)CCN(CC(=O)O)CCOCCN(CC(=O)O)CC1. The number of aliphatic carboxylic acids is 3. The zero-order chi connectivity index (χ0) is 26.9. The molecule has 1 saturated heterocycles. The molecule has 1 rings (SSSR count). The first-order valence-corrected chi connectivity index (χ1v) is 12.3. The van der Waals surface area contributed by atoms with Crippen LogP contribution in [-0.4, -0.2) is 164 Å². The topological polar surface area (TPSA) is 160 Å². The molecule has 1 fully saturated rings. The lowest BCUT2D eigenvalue weighted by Gasteiger charge is -2.28. The van der Waals surface area contributed by atoms with Gasteiger partial charge >= 0.3 is 17.9 Å². The van der Waals surface area contributed by atoms with E-state index in [1.54, 1.807) is 14.7 Å². The largest absolute Gasteiger partial charge is 0.480 e. The number of carbonyl (C=O) groups excluding carboxylic acids is 1. The van der Waals surface area contributed by atoms with E-state index in [-0.39, 0.29) is 57.7 Å². The first-order valence-electron chi connectivity index (χ1n) is 12.3. The highest BCUT2D eigenvalue weighted by Crippen LogP contribution is 2.01. The van der Waals surface area contributed by atoms with Crippen molar-refractivity contribution in [2.45, 2.75) is 13.8 Å². The summed E-state index contributed by atoms with van der Waals surface area (Å²) in [6.07, 6.45) is 0. The summed E-state index contributed by atoms with van der Waals surface area (Å²) in [5.74, 6) is -2.95. The summed E-state index contributed by atoms with van der Waals surface area (Å²) in [7, 11) is 0. The monoisotopic (exact) mass is 518 g/mol. The van der Waals surface area contributed by atoms with Crippen LogP contribution < -0.4 is 0 Å². The second kappa shape index (κ2) is 18.1. The van der Waals surface area contributed by atoms with E-state index in [1.165, 1.54) is 0 Å². The van der Waals surface area contributed by atoms with Gasteiger partial charge in [0, 0.05) is 58.3 Å². The molecule has 208 valence electrons. The van der Waals surface area contributed by atoms with Crippen molar-refractivity contribution in [2.75, 3.05) is 105 Å². The lowest BCUT2D eigenvalue weighted by molar-refractivity contribution is -0.140. The molecule has 13 heteroatoms. The Labute approximate surface area is 212 Å². The molecule has 0 atom stereocenters. The number of carboxylic acid groups (broad SMARTS) is 3.